The standard InChI is InChI=1S/C11H28N2Si/c1-8-10(3)11(9-2)14(12(4)5)13(6)7/h10-11,14H,8-9H2,1-7H3. The molecule has 2 nitrogen and oxygen atoms in total. The lowest BCUT2D eigenvalue weighted by Gasteiger charge is -2.37. The van der Waals surface area contributed by atoms with Gasteiger partial charge in [-0.25, -0.2) is 0 Å². The Balaban J connectivity index is 4.58. The summed E-state index contributed by atoms with van der Waals surface area (Å²) in [6.07, 6.45) is 2.63. The van der Waals surface area contributed by atoms with Crippen LogP contribution in [-0.2, 0) is 0 Å². The zero-order chi connectivity index (χ0) is 11.3. The van der Waals surface area contributed by atoms with Crippen molar-refractivity contribution in [2.45, 2.75) is 39.2 Å². The zero-order valence-electron chi connectivity index (χ0n) is 11.0. The normalized spacial score (nSPS) is 16.7. The summed E-state index contributed by atoms with van der Waals surface area (Å²) >= 11 is 0. The van der Waals surface area contributed by atoms with Crippen molar-refractivity contribution >= 4 is 9.12 Å². The van der Waals surface area contributed by atoms with Gasteiger partial charge in [0.1, 0.15) is 0 Å². The van der Waals surface area contributed by atoms with Crippen molar-refractivity contribution in [1.82, 2.24) is 9.13 Å². The molecule has 0 aliphatic rings. The van der Waals surface area contributed by atoms with E-state index in [0.717, 1.165) is 11.5 Å². The first-order chi connectivity index (χ1) is 6.45. The van der Waals surface area contributed by atoms with E-state index < -0.39 is 9.12 Å². The van der Waals surface area contributed by atoms with Gasteiger partial charge in [0, 0.05) is 0 Å². The Morgan fingerprint density at radius 3 is 1.57 bits per heavy atom. The highest BCUT2D eigenvalue weighted by atomic mass is 28.3. The molecular formula is C11H28N2Si. The van der Waals surface area contributed by atoms with Crippen LogP contribution in [0.1, 0.15) is 33.6 Å². The van der Waals surface area contributed by atoms with E-state index in [0.29, 0.717) is 0 Å². The van der Waals surface area contributed by atoms with Crippen LogP contribution in [0, 0.1) is 5.92 Å². The molecule has 0 aliphatic carbocycles. The molecule has 0 rings (SSSR count). The van der Waals surface area contributed by atoms with E-state index in [-0.39, 0.29) is 0 Å². The minimum atomic E-state index is -0.904. The van der Waals surface area contributed by atoms with Crippen molar-refractivity contribution < 1.29 is 0 Å². The summed E-state index contributed by atoms with van der Waals surface area (Å²) in [4.78, 5) is 0. The van der Waals surface area contributed by atoms with E-state index in [9.17, 15) is 0 Å². The van der Waals surface area contributed by atoms with E-state index in [2.05, 4.69) is 58.1 Å². The lowest BCUT2D eigenvalue weighted by Crippen LogP contribution is -2.50. The predicted molar refractivity (Wildman–Crippen MR) is 68.0 cm³/mol. The summed E-state index contributed by atoms with van der Waals surface area (Å²) < 4.78 is 4.95. The highest BCUT2D eigenvalue weighted by molar-refractivity contribution is 6.54. The molecule has 0 aromatic carbocycles. The quantitative estimate of drug-likeness (QED) is 0.628. The second-order valence-electron chi connectivity index (χ2n) is 4.80. The lowest BCUT2D eigenvalue weighted by molar-refractivity contribution is 0.419. The molecule has 0 amide bonds. The van der Waals surface area contributed by atoms with Crippen molar-refractivity contribution in [3.8, 4) is 0 Å². The first kappa shape index (κ1) is 14.1. The predicted octanol–water partition coefficient (Wildman–Crippen LogP) is 2.16. The topological polar surface area (TPSA) is 6.48 Å². The molecule has 0 aromatic rings. The SMILES string of the molecule is CCC(C)C(CC)[SiH](N(C)C)N(C)C. The van der Waals surface area contributed by atoms with Gasteiger partial charge < -0.3 is 9.13 Å². The van der Waals surface area contributed by atoms with Crippen LogP contribution in [0.5, 0.6) is 0 Å². The van der Waals surface area contributed by atoms with Crippen molar-refractivity contribution in [2.75, 3.05) is 28.2 Å². The zero-order valence-corrected chi connectivity index (χ0v) is 12.2. The maximum Gasteiger partial charge on any atom is 0.192 e. The van der Waals surface area contributed by atoms with Crippen molar-refractivity contribution in [3.05, 3.63) is 0 Å². The van der Waals surface area contributed by atoms with Gasteiger partial charge in [-0.2, -0.15) is 0 Å². The third-order valence-corrected chi connectivity index (χ3v) is 7.30. The molecule has 0 N–H and O–H groups in total. The number of hydrogen-bond donors (Lipinski definition) is 0. The average Bonchev–Trinajstić information content (AvgIpc) is 2.11. The Morgan fingerprint density at radius 2 is 1.36 bits per heavy atom. The fourth-order valence-corrected chi connectivity index (χ4v) is 6.17. The Bertz CT molecular complexity index is 140. The second kappa shape index (κ2) is 6.59. The molecule has 0 spiro atoms. The first-order valence-electron chi connectivity index (χ1n) is 5.78. The van der Waals surface area contributed by atoms with Gasteiger partial charge >= 0.3 is 0 Å². The summed E-state index contributed by atoms with van der Waals surface area (Å²) in [5.41, 5.74) is 0.907. The Labute approximate surface area is 92.0 Å². The minimum absolute atomic E-state index is 0.862. The van der Waals surface area contributed by atoms with Crippen LogP contribution >= 0.6 is 0 Å². The molecule has 0 aliphatic heterocycles. The second-order valence-corrected chi connectivity index (χ2v) is 8.55. The van der Waals surface area contributed by atoms with Gasteiger partial charge in [-0.15, -0.1) is 0 Å². The molecule has 0 bridgehead atoms. The van der Waals surface area contributed by atoms with Crippen LogP contribution < -0.4 is 0 Å². The number of nitrogens with zero attached hydrogens (tertiary/aromatic N) is 2. The van der Waals surface area contributed by atoms with Crippen LogP contribution in [0.3, 0.4) is 0 Å². The monoisotopic (exact) mass is 216 g/mol. The molecule has 0 fully saturated rings. The van der Waals surface area contributed by atoms with E-state index in [1.54, 1.807) is 0 Å². The molecule has 0 saturated carbocycles. The maximum atomic E-state index is 2.47. The molecule has 0 radical (unpaired) electrons. The Kier molecular flexibility index (Phi) is 6.65. The maximum absolute atomic E-state index is 2.47. The molecule has 0 saturated heterocycles. The van der Waals surface area contributed by atoms with Crippen molar-refractivity contribution in [1.29, 1.82) is 0 Å². The molecule has 14 heavy (non-hydrogen) atoms. The fourth-order valence-electron chi connectivity index (χ4n) is 2.44. The van der Waals surface area contributed by atoms with Gasteiger partial charge in [0.05, 0.1) is 0 Å². The lowest BCUT2D eigenvalue weighted by atomic mass is 10.0. The molecule has 0 aromatic heterocycles. The van der Waals surface area contributed by atoms with E-state index in [1.807, 2.05) is 0 Å². The summed E-state index contributed by atoms with van der Waals surface area (Å²) in [5.74, 6) is 0.862. The third kappa shape index (κ3) is 3.71. The smallest absolute Gasteiger partial charge is 0.192 e. The van der Waals surface area contributed by atoms with E-state index >= 15 is 0 Å². The van der Waals surface area contributed by atoms with Gasteiger partial charge in [0.15, 0.2) is 9.12 Å². The highest BCUT2D eigenvalue weighted by Gasteiger charge is 2.29. The van der Waals surface area contributed by atoms with Gasteiger partial charge in [-0.05, 0) is 39.6 Å². The Hall–Kier alpha value is 0.137. The molecule has 0 heterocycles. The largest absolute Gasteiger partial charge is 0.319 e. The molecular weight excluding hydrogens is 188 g/mol. The van der Waals surface area contributed by atoms with Crippen LogP contribution in [0.4, 0.5) is 0 Å². The summed E-state index contributed by atoms with van der Waals surface area (Å²) in [6.45, 7) is 7.05. The van der Waals surface area contributed by atoms with Crippen LogP contribution in [0.2, 0.25) is 5.54 Å². The van der Waals surface area contributed by atoms with Gasteiger partial charge in [-0.3, -0.25) is 0 Å². The van der Waals surface area contributed by atoms with Crippen LogP contribution in [0.15, 0.2) is 0 Å². The fraction of sp³-hybridized carbons (Fsp3) is 1.00. The molecule has 3 heteroatoms. The van der Waals surface area contributed by atoms with Crippen LogP contribution in [0.25, 0.3) is 0 Å². The highest BCUT2D eigenvalue weighted by Crippen LogP contribution is 2.29. The van der Waals surface area contributed by atoms with Crippen LogP contribution in [-0.4, -0.2) is 46.4 Å². The number of rotatable bonds is 6. The van der Waals surface area contributed by atoms with Gasteiger partial charge in [-0.1, -0.05) is 33.6 Å². The molecule has 2 unspecified atom stereocenters. The molecule has 2 atom stereocenters. The van der Waals surface area contributed by atoms with Crippen molar-refractivity contribution in [2.24, 2.45) is 5.92 Å². The Morgan fingerprint density at radius 1 is 0.929 bits per heavy atom. The number of hydrogen-bond acceptors (Lipinski definition) is 2. The van der Waals surface area contributed by atoms with Gasteiger partial charge in [0.2, 0.25) is 0 Å². The van der Waals surface area contributed by atoms with E-state index in [4.69, 9.17) is 0 Å². The average molecular weight is 216 g/mol. The molecule has 86 valence electrons. The first-order valence-corrected chi connectivity index (χ1v) is 7.48. The minimum Gasteiger partial charge on any atom is -0.319 e. The van der Waals surface area contributed by atoms with E-state index in [1.165, 1.54) is 12.8 Å². The van der Waals surface area contributed by atoms with Crippen molar-refractivity contribution in [3.63, 3.8) is 0 Å². The summed E-state index contributed by atoms with van der Waals surface area (Å²) in [5, 5.41) is 0. The van der Waals surface area contributed by atoms with Gasteiger partial charge in [0.25, 0.3) is 0 Å². The third-order valence-electron chi connectivity index (χ3n) is 3.29. The summed E-state index contributed by atoms with van der Waals surface area (Å²) in [7, 11) is 8.05. The summed E-state index contributed by atoms with van der Waals surface area (Å²) in [6, 6.07) is 0.